The monoisotopic (exact) mass is 485 g/mol. The number of fused-ring (bicyclic) bond motifs is 1. The number of nitrogens with one attached hydrogen (secondary N) is 1. The molecule has 2 aromatic carbocycles. The van der Waals surface area contributed by atoms with Crippen molar-refractivity contribution in [2.75, 3.05) is 11.9 Å². The number of likely N-dealkylation sites (N-methyl/N-ethyl adjacent to an activating group) is 1. The third-order valence-corrected chi connectivity index (χ3v) is 6.77. The van der Waals surface area contributed by atoms with Gasteiger partial charge in [-0.2, -0.15) is 0 Å². The first-order valence-corrected chi connectivity index (χ1v) is 11.1. The Balaban J connectivity index is 1.66. The number of halogens is 2. The van der Waals surface area contributed by atoms with E-state index >= 15 is 0 Å². The van der Waals surface area contributed by atoms with E-state index in [0.717, 1.165) is 27.0 Å². The SMILES string of the molecule is CC1=CC(C)(C)N(C)c2cc(F)c(/C=C3/SC(=Nc4ccc(Br)cc4)NC3=O)cc21. The van der Waals surface area contributed by atoms with E-state index in [0.29, 0.717) is 15.6 Å². The average Bonchev–Trinajstić information content (AvgIpc) is 3.01. The molecular formula is C23H21BrFN3OS. The van der Waals surface area contributed by atoms with Crippen molar-refractivity contribution in [1.29, 1.82) is 0 Å². The summed E-state index contributed by atoms with van der Waals surface area (Å²) in [6, 6.07) is 10.8. The predicted molar refractivity (Wildman–Crippen MR) is 127 cm³/mol. The fraction of sp³-hybridized carbons (Fsp3) is 0.217. The average molecular weight is 486 g/mol. The fourth-order valence-corrected chi connectivity index (χ4v) is 4.65. The Bertz CT molecular complexity index is 1140. The predicted octanol–water partition coefficient (Wildman–Crippen LogP) is 6.11. The summed E-state index contributed by atoms with van der Waals surface area (Å²) in [5.74, 6) is -0.635. The lowest BCUT2D eigenvalue weighted by Crippen LogP contribution is -2.42. The molecular weight excluding hydrogens is 465 g/mol. The summed E-state index contributed by atoms with van der Waals surface area (Å²) < 4.78 is 15.9. The summed E-state index contributed by atoms with van der Waals surface area (Å²) in [5, 5.41) is 3.22. The number of thioether (sulfide) groups is 1. The second-order valence-corrected chi connectivity index (χ2v) is 9.84. The highest BCUT2D eigenvalue weighted by Crippen LogP contribution is 2.40. The molecule has 2 aromatic rings. The zero-order chi connectivity index (χ0) is 21.6. The maximum atomic E-state index is 14.9. The molecule has 4 nitrogen and oxygen atoms in total. The topological polar surface area (TPSA) is 44.7 Å². The number of aliphatic imine (C=N–C) groups is 1. The minimum Gasteiger partial charge on any atom is -0.365 e. The van der Waals surface area contributed by atoms with Gasteiger partial charge in [-0.05, 0) is 80.6 Å². The molecule has 1 amide bonds. The molecule has 1 saturated heterocycles. The van der Waals surface area contributed by atoms with Crippen LogP contribution in [0.15, 0.2) is 56.8 Å². The zero-order valence-corrected chi connectivity index (χ0v) is 19.5. The molecule has 0 bridgehead atoms. The van der Waals surface area contributed by atoms with E-state index in [-0.39, 0.29) is 17.3 Å². The normalized spacial score (nSPS) is 20.4. The lowest BCUT2D eigenvalue weighted by Gasteiger charge is -2.40. The third-order valence-electron chi connectivity index (χ3n) is 5.33. The Labute approximate surface area is 188 Å². The van der Waals surface area contributed by atoms with Crippen LogP contribution in [-0.2, 0) is 4.79 Å². The second kappa shape index (κ2) is 7.71. The van der Waals surface area contributed by atoms with Crippen LogP contribution in [0.25, 0.3) is 11.6 Å². The first kappa shape index (κ1) is 20.9. The third kappa shape index (κ3) is 3.96. The van der Waals surface area contributed by atoms with E-state index in [1.54, 1.807) is 12.1 Å². The van der Waals surface area contributed by atoms with Gasteiger partial charge in [-0.25, -0.2) is 9.38 Å². The number of amides is 1. The molecule has 0 aliphatic carbocycles. The highest BCUT2D eigenvalue weighted by Gasteiger charge is 2.30. The number of amidine groups is 1. The number of rotatable bonds is 2. The van der Waals surface area contributed by atoms with Crippen LogP contribution in [-0.4, -0.2) is 23.7 Å². The van der Waals surface area contributed by atoms with Crippen molar-refractivity contribution in [2.45, 2.75) is 26.3 Å². The van der Waals surface area contributed by atoms with Crippen molar-refractivity contribution in [1.82, 2.24) is 5.32 Å². The molecule has 1 fully saturated rings. The van der Waals surface area contributed by atoms with E-state index in [2.05, 4.69) is 51.1 Å². The Morgan fingerprint density at radius 3 is 2.63 bits per heavy atom. The summed E-state index contributed by atoms with van der Waals surface area (Å²) in [6.07, 6.45) is 3.76. The Morgan fingerprint density at radius 1 is 1.23 bits per heavy atom. The molecule has 0 aromatic heterocycles. The Kier molecular flexibility index (Phi) is 5.36. The molecule has 0 atom stereocenters. The van der Waals surface area contributed by atoms with E-state index in [1.807, 2.05) is 44.3 Å². The van der Waals surface area contributed by atoms with Crippen molar-refractivity contribution >= 4 is 61.8 Å². The first-order chi connectivity index (χ1) is 14.1. The number of anilines is 1. The lowest BCUT2D eigenvalue weighted by molar-refractivity contribution is -0.115. The maximum Gasteiger partial charge on any atom is 0.264 e. The van der Waals surface area contributed by atoms with E-state index in [9.17, 15) is 9.18 Å². The smallest absolute Gasteiger partial charge is 0.264 e. The van der Waals surface area contributed by atoms with Gasteiger partial charge in [0.2, 0.25) is 0 Å². The Hall–Kier alpha value is -2.38. The van der Waals surface area contributed by atoms with Crippen molar-refractivity contribution in [3.05, 3.63) is 68.8 Å². The second-order valence-electron chi connectivity index (χ2n) is 7.89. The number of allylic oxidation sites excluding steroid dienone is 1. The highest BCUT2D eigenvalue weighted by atomic mass is 79.9. The van der Waals surface area contributed by atoms with Crippen LogP contribution in [0.5, 0.6) is 0 Å². The highest BCUT2D eigenvalue weighted by molar-refractivity contribution is 9.10. The number of hydrogen-bond donors (Lipinski definition) is 1. The van der Waals surface area contributed by atoms with Crippen molar-refractivity contribution in [2.24, 2.45) is 4.99 Å². The lowest BCUT2D eigenvalue weighted by atomic mass is 9.88. The molecule has 0 saturated carbocycles. The number of carbonyl (C=O) groups excluding carboxylic acids is 1. The van der Waals surface area contributed by atoms with Crippen molar-refractivity contribution in [3.8, 4) is 0 Å². The van der Waals surface area contributed by atoms with Gasteiger partial charge in [0, 0.05) is 28.3 Å². The molecule has 2 heterocycles. The van der Waals surface area contributed by atoms with Gasteiger partial charge in [-0.1, -0.05) is 22.0 Å². The molecule has 1 N–H and O–H groups in total. The van der Waals surface area contributed by atoms with Gasteiger partial charge in [-0.15, -0.1) is 0 Å². The van der Waals surface area contributed by atoms with E-state index < -0.39 is 0 Å². The van der Waals surface area contributed by atoms with Gasteiger partial charge >= 0.3 is 0 Å². The molecule has 7 heteroatoms. The van der Waals surface area contributed by atoms with Crippen LogP contribution in [0.1, 0.15) is 31.9 Å². The first-order valence-electron chi connectivity index (χ1n) is 9.46. The van der Waals surface area contributed by atoms with Crippen LogP contribution in [0, 0.1) is 5.82 Å². The van der Waals surface area contributed by atoms with Crippen molar-refractivity contribution in [3.63, 3.8) is 0 Å². The van der Waals surface area contributed by atoms with Crippen LogP contribution in [0.4, 0.5) is 15.8 Å². The number of benzene rings is 2. The molecule has 0 unspecified atom stereocenters. The van der Waals surface area contributed by atoms with Crippen LogP contribution in [0.3, 0.4) is 0 Å². The van der Waals surface area contributed by atoms with Crippen LogP contribution < -0.4 is 10.2 Å². The molecule has 154 valence electrons. The van der Waals surface area contributed by atoms with E-state index in [4.69, 9.17) is 0 Å². The molecule has 0 radical (unpaired) electrons. The van der Waals surface area contributed by atoms with Crippen LogP contribution in [0.2, 0.25) is 0 Å². The zero-order valence-electron chi connectivity index (χ0n) is 17.1. The van der Waals surface area contributed by atoms with Gasteiger partial charge in [0.05, 0.1) is 16.1 Å². The summed E-state index contributed by atoms with van der Waals surface area (Å²) in [7, 11) is 1.96. The fourth-order valence-electron chi connectivity index (χ4n) is 3.55. The minimum atomic E-state index is -0.356. The van der Waals surface area contributed by atoms with Gasteiger partial charge in [0.15, 0.2) is 5.17 Å². The number of nitrogens with zero attached hydrogens (tertiary/aromatic N) is 2. The van der Waals surface area contributed by atoms with Crippen molar-refractivity contribution < 1.29 is 9.18 Å². The minimum absolute atomic E-state index is 0.191. The van der Waals surface area contributed by atoms with Gasteiger partial charge < -0.3 is 10.2 Å². The largest absolute Gasteiger partial charge is 0.365 e. The van der Waals surface area contributed by atoms with E-state index in [1.165, 1.54) is 11.8 Å². The summed E-state index contributed by atoms with van der Waals surface area (Å²) >= 11 is 4.59. The number of hydrogen-bond acceptors (Lipinski definition) is 4. The standard InChI is InChI=1S/C23H21BrFN3OS/c1-13-12-23(2,3)28(4)19-11-18(25)14(9-17(13)19)10-20-21(29)27-22(30-20)26-16-7-5-15(24)6-8-16/h5-12H,1-4H3,(H,26,27,29)/b20-10+. The number of carbonyl (C=O) groups is 1. The molecule has 2 aliphatic rings. The summed E-state index contributed by atoms with van der Waals surface area (Å²) in [5.41, 5.74) is 3.83. The van der Waals surface area contributed by atoms with Gasteiger partial charge in [-0.3, -0.25) is 4.79 Å². The Morgan fingerprint density at radius 2 is 1.93 bits per heavy atom. The van der Waals surface area contributed by atoms with Crippen LogP contribution >= 0.6 is 27.7 Å². The van der Waals surface area contributed by atoms with Gasteiger partial charge in [0.25, 0.3) is 5.91 Å². The molecule has 0 spiro atoms. The summed E-state index contributed by atoms with van der Waals surface area (Å²) in [4.78, 5) is 19.3. The maximum absolute atomic E-state index is 14.9. The quantitative estimate of drug-likeness (QED) is 0.521. The molecule has 2 aliphatic heterocycles. The molecule has 4 rings (SSSR count). The van der Waals surface area contributed by atoms with Gasteiger partial charge in [0.1, 0.15) is 5.82 Å². The molecule has 30 heavy (non-hydrogen) atoms. The summed E-state index contributed by atoms with van der Waals surface area (Å²) in [6.45, 7) is 6.22.